The Labute approximate surface area is 115 Å². The summed E-state index contributed by atoms with van der Waals surface area (Å²) in [5.74, 6) is -1.03. The van der Waals surface area contributed by atoms with Crippen LogP contribution in [0.3, 0.4) is 0 Å². The molecule has 6 nitrogen and oxygen atoms in total. The Balaban J connectivity index is 2.54. The lowest BCUT2D eigenvalue weighted by atomic mass is 10.1. The molecule has 0 amide bonds. The molecule has 0 radical (unpaired) electrons. The molecule has 6 heteroatoms. The van der Waals surface area contributed by atoms with Gasteiger partial charge >= 0.3 is 5.97 Å². The minimum Gasteiger partial charge on any atom is -0.461 e. The van der Waals surface area contributed by atoms with E-state index in [1.807, 2.05) is 0 Å². The highest BCUT2D eigenvalue weighted by Gasteiger charge is 2.07. The first kappa shape index (κ1) is 15.3. The van der Waals surface area contributed by atoms with Crippen LogP contribution < -0.4 is 0 Å². The Morgan fingerprint density at radius 1 is 1.30 bits per heavy atom. The summed E-state index contributed by atoms with van der Waals surface area (Å²) in [6.07, 6.45) is 3.77. The first-order valence-corrected chi connectivity index (χ1v) is 5.75. The van der Waals surface area contributed by atoms with E-state index < -0.39 is 16.7 Å². The molecule has 1 rings (SSSR count). The number of benzene rings is 1. The smallest absolute Gasteiger partial charge is 0.313 e. The van der Waals surface area contributed by atoms with E-state index in [9.17, 15) is 19.7 Å². The van der Waals surface area contributed by atoms with Crippen LogP contribution in [-0.4, -0.2) is 23.3 Å². The summed E-state index contributed by atoms with van der Waals surface area (Å²) in [7, 11) is 0. The van der Waals surface area contributed by atoms with Crippen molar-refractivity contribution in [2.24, 2.45) is 0 Å². The maximum atomic E-state index is 11.4. The summed E-state index contributed by atoms with van der Waals surface area (Å²) in [6, 6.07) is 5.70. The predicted molar refractivity (Wildman–Crippen MR) is 72.9 cm³/mol. The minimum atomic E-state index is -0.622. The molecule has 0 aliphatic carbocycles. The molecule has 0 unspecified atom stereocenters. The fourth-order valence-corrected chi connectivity index (χ4v) is 1.30. The second-order valence-electron chi connectivity index (χ2n) is 3.80. The molecule has 0 saturated carbocycles. The molecule has 1 aromatic carbocycles. The Kier molecular flexibility index (Phi) is 5.83. The quantitative estimate of drug-likeness (QED) is 0.190. The number of hydrogen-bond acceptors (Lipinski definition) is 5. The molecule has 0 bridgehead atoms. The van der Waals surface area contributed by atoms with Crippen molar-refractivity contribution in [2.45, 2.75) is 6.42 Å². The van der Waals surface area contributed by atoms with Gasteiger partial charge in [-0.2, -0.15) is 0 Å². The Morgan fingerprint density at radius 2 is 1.95 bits per heavy atom. The second-order valence-corrected chi connectivity index (χ2v) is 3.80. The number of allylic oxidation sites excluding steroid dienone is 1. The van der Waals surface area contributed by atoms with Crippen LogP contribution >= 0.6 is 0 Å². The summed E-state index contributed by atoms with van der Waals surface area (Å²) in [6.45, 7) is 3.45. The van der Waals surface area contributed by atoms with Gasteiger partial charge in [-0.05, 0) is 23.8 Å². The number of hydrogen-bond donors (Lipinski definition) is 0. The number of nitro benzene ring substituents is 1. The monoisotopic (exact) mass is 275 g/mol. The third-order valence-electron chi connectivity index (χ3n) is 2.25. The van der Waals surface area contributed by atoms with Gasteiger partial charge in [-0.25, -0.2) is 0 Å². The summed E-state index contributed by atoms with van der Waals surface area (Å²) in [4.78, 5) is 32.5. The predicted octanol–water partition coefficient (Wildman–Crippen LogP) is 2.30. The highest BCUT2D eigenvalue weighted by Crippen LogP contribution is 2.12. The third-order valence-corrected chi connectivity index (χ3v) is 2.25. The lowest BCUT2D eigenvalue weighted by molar-refractivity contribution is -0.384. The van der Waals surface area contributed by atoms with E-state index in [0.29, 0.717) is 5.56 Å². The van der Waals surface area contributed by atoms with Crippen molar-refractivity contribution in [3.63, 3.8) is 0 Å². The van der Waals surface area contributed by atoms with E-state index in [-0.39, 0.29) is 18.7 Å². The molecule has 0 saturated heterocycles. The van der Waals surface area contributed by atoms with E-state index in [2.05, 4.69) is 11.3 Å². The average molecular weight is 275 g/mol. The van der Waals surface area contributed by atoms with Gasteiger partial charge in [0.2, 0.25) is 0 Å². The van der Waals surface area contributed by atoms with Gasteiger partial charge in [0, 0.05) is 12.1 Å². The SMILES string of the molecule is C=CCOC(=O)CC(=O)/C=C/c1ccc([N+](=O)[O-])cc1. The summed E-state index contributed by atoms with van der Waals surface area (Å²) in [5.41, 5.74) is 0.602. The number of rotatable bonds is 7. The largest absolute Gasteiger partial charge is 0.461 e. The number of nitro groups is 1. The van der Waals surface area contributed by atoms with Gasteiger partial charge in [-0.1, -0.05) is 18.7 Å². The number of esters is 1. The van der Waals surface area contributed by atoms with Crippen molar-refractivity contribution in [2.75, 3.05) is 6.61 Å². The maximum absolute atomic E-state index is 11.4. The average Bonchev–Trinajstić information content (AvgIpc) is 2.43. The molecule has 104 valence electrons. The normalized spacial score (nSPS) is 10.2. The minimum absolute atomic E-state index is 0.0264. The topological polar surface area (TPSA) is 86.5 Å². The highest BCUT2D eigenvalue weighted by molar-refractivity contribution is 6.03. The Morgan fingerprint density at radius 3 is 2.50 bits per heavy atom. The zero-order chi connectivity index (χ0) is 15.0. The molecular weight excluding hydrogens is 262 g/mol. The van der Waals surface area contributed by atoms with Gasteiger partial charge in [-0.3, -0.25) is 19.7 Å². The summed E-state index contributed by atoms with van der Waals surface area (Å²) < 4.78 is 4.67. The molecular formula is C14H13NO5. The molecule has 0 aliphatic rings. The van der Waals surface area contributed by atoms with Gasteiger partial charge in [0.05, 0.1) is 4.92 Å². The van der Waals surface area contributed by atoms with Gasteiger partial charge < -0.3 is 4.74 Å². The van der Waals surface area contributed by atoms with Crippen molar-refractivity contribution in [1.29, 1.82) is 0 Å². The van der Waals surface area contributed by atoms with Crippen LogP contribution in [-0.2, 0) is 14.3 Å². The Bertz CT molecular complexity index is 545. The number of carbonyl (C=O) groups excluding carboxylic acids is 2. The molecule has 0 N–H and O–H groups in total. The molecule has 20 heavy (non-hydrogen) atoms. The molecule has 0 aromatic heterocycles. The number of ether oxygens (including phenoxy) is 1. The van der Waals surface area contributed by atoms with E-state index in [4.69, 9.17) is 0 Å². The van der Waals surface area contributed by atoms with Crippen LogP contribution in [0.15, 0.2) is 43.0 Å². The van der Waals surface area contributed by atoms with E-state index in [1.54, 1.807) is 0 Å². The van der Waals surface area contributed by atoms with E-state index in [0.717, 1.165) is 0 Å². The van der Waals surface area contributed by atoms with Crippen LogP contribution in [0.5, 0.6) is 0 Å². The summed E-state index contributed by atoms with van der Waals surface area (Å²) in [5, 5.41) is 10.5. The van der Waals surface area contributed by atoms with Crippen LogP contribution in [0.2, 0.25) is 0 Å². The molecule has 0 atom stereocenters. The van der Waals surface area contributed by atoms with Crippen molar-refractivity contribution in [1.82, 2.24) is 0 Å². The van der Waals surface area contributed by atoms with Crippen molar-refractivity contribution in [3.05, 3.63) is 58.7 Å². The third kappa shape index (κ3) is 5.26. The zero-order valence-corrected chi connectivity index (χ0v) is 10.7. The lowest BCUT2D eigenvalue weighted by Crippen LogP contribution is -2.09. The number of nitrogens with zero attached hydrogens (tertiary/aromatic N) is 1. The lowest BCUT2D eigenvalue weighted by Gasteiger charge is -1.98. The fraction of sp³-hybridized carbons (Fsp3) is 0.143. The molecule has 0 heterocycles. The molecule has 1 aromatic rings. The number of ketones is 1. The van der Waals surface area contributed by atoms with Crippen LogP contribution in [0.25, 0.3) is 6.08 Å². The first-order valence-electron chi connectivity index (χ1n) is 5.75. The van der Waals surface area contributed by atoms with Crippen molar-refractivity contribution < 1.29 is 19.2 Å². The van der Waals surface area contributed by atoms with Gasteiger partial charge in [0.25, 0.3) is 5.69 Å². The first-order chi connectivity index (χ1) is 9.52. The number of carbonyl (C=O) groups is 2. The highest BCUT2D eigenvalue weighted by atomic mass is 16.6. The van der Waals surface area contributed by atoms with Crippen molar-refractivity contribution in [3.8, 4) is 0 Å². The van der Waals surface area contributed by atoms with Crippen LogP contribution in [0, 0.1) is 10.1 Å². The standard InChI is InChI=1S/C14H13NO5/c1-2-9-20-14(17)10-13(16)8-5-11-3-6-12(7-4-11)15(18)19/h2-8H,1,9-10H2/b8-5+. The van der Waals surface area contributed by atoms with Gasteiger partial charge in [0.1, 0.15) is 13.0 Å². The van der Waals surface area contributed by atoms with Crippen LogP contribution in [0.1, 0.15) is 12.0 Å². The van der Waals surface area contributed by atoms with E-state index in [1.165, 1.54) is 42.5 Å². The second kappa shape index (κ2) is 7.63. The molecule has 0 aliphatic heterocycles. The maximum Gasteiger partial charge on any atom is 0.313 e. The zero-order valence-electron chi connectivity index (χ0n) is 10.7. The molecule has 0 fully saturated rings. The van der Waals surface area contributed by atoms with Crippen LogP contribution in [0.4, 0.5) is 5.69 Å². The van der Waals surface area contributed by atoms with E-state index >= 15 is 0 Å². The Hall–Kier alpha value is -2.76. The summed E-state index contributed by atoms with van der Waals surface area (Å²) >= 11 is 0. The van der Waals surface area contributed by atoms with Gasteiger partial charge in [0.15, 0.2) is 5.78 Å². The van der Waals surface area contributed by atoms with Crippen molar-refractivity contribution >= 4 is 23.5 Å². The van der Waals surface area contributed by atoms with Gasteiger partial charge in [-0.15, -0.1) is 0 Å². The number of non-ortho nitro benzene ring substituents is 1. The fourth-order valence-electron chi connectivity index (χ4n) is 1.30. The molecule has 0 spiro atoms.